The second kappa shape index (κ2) is 8.33. The number of sulfone groups is 1. The summed E-state index contributed by atoms with van der Waals surface area (Å²) in [6.45, 7) is 4.05. The van der Waals surface area contributed by atoms with Gasteiger partial charge in [0.15, 0.2) is 9.84 Å². The van der Waals surface area contributed by atoms with Crippen LogP contribution in [-0.2, 0) is 16.3 Å². The molecule has 27 heavy (non-hydrogen) atoms. The molecule has 2 unspecified atom stereocenters. The highest BCUT2D eigenvalue weighted by molar-refractivity contribution is 7.92. The summed E-state index contributed by atoms with van der Waals surface area (Å²) in [4.78, 5) is 0.180. The maximum atomic E-state index is 13.4. The smallest absolute Gasteiger partial charge is 0.187 e. The number of benzene rings is 3. The second-order valence-electron chi connectivity index (χ2n) is 6.45. The molecule has 0 spiro atoms. The Morgan fingerprint density at radius 3 is 1.85 bits per heavy atom. The van der Waals surface area contributed by atoms with Gasteiger partial charge in [-0.05, 0) is 29.7 Å². The summed E-state index contributed by atoms with van der Waals surface area (Å²) in [5, 5.41) is 9.85. The molecule has 2 atom stereocenters. The van der Waals surface area contributed by atoms with Crippen molar-refractivity contribution in [3.63, 3.8) is 0 Å². The lowest BCUT2D eigenvalue weighted by Crippen LogP contribution is -2.31. The molecule has 0 saturated heterocycles. The van der Waals surface area contributed by atoms with Crippen LogP contribution in [0.4, 0.5) is 0 Å². The Bertz CT molecular complexity index is 982. The van der Waals surface area contributed by atoms with Gasteiger partial charge in [-0.15, -0.1) is 0 Å². The number of rotatable bonds is 7. The molecule has 0 aromatic heterocycles. The molecular formula is C23H22O3S. The first-order valence-electron chi connectivity index (χ1n) is 8.73. The molecule has 4 heteroatoms. The van der Waals surface area contributed by atoms with Gasteiger partial charge in [0.25, 0.3) is 0 Å². The fourth-order valence-corrected chi connectivity index (χ4v) is 5.00. The predicted octanol–water partition coefficient (Wildman–Crippen LogP) is 4.36. The van der Waals surface area contributed by atoms with E-state index < -0.39 is 21.2 Å². The molecule has 0 bridgehead atoms. The Balaban J connectivity index is 2.02. The molecule has 0 radical (unpaired) electrons. The van der Waals surface area contributed by atoms with Crippen molar-refractivity contribution in [3.8, 4) is 0 Å². The van der Waals surface area contributed by atoms with Crippen LogP contribution in [0.1, 0.15) is 17.2 Å². The SMILES string of the molecule is C=C(Cc1ccccc1)C(C(O)c1ccccc1)S(=O)(=O)c1ccccc1. The van der Waals surface area contributed by atoms with Gasteiger partial charge in [0.1, 0.15) is 5.25 Å². The van der Waals surface area contributed by atoms with E-state index in [9.17, 15) is 13.5 Å². The Morgan fingerprint density at radius 1 is 0.815 bits per heavy atom. The minimum Gasteiger partial charge on any atom is -0.387 e. The van der Waals surface area contributed by atoms with E-state index in [4.69, 9.17) is 0 Å². The molecule has 0 amide bonds. The van der Waals surface area contributed by atoms with Gasteiger partial charge in [-0.2, -0.15) is 0 Å². The van der Waals surface area contributed by atoms with Crippen LogP contribution in [0.15, 0.2) is 108 Å². The van der Waals surface area contributed by atoms with Crippen LogP contribution < -0.4 is 0 Å². The fourth-order valence-electron chi connectivity index (χ4n) is 3.15. The van der Waals surface area contributed by atoms with Crippen LogP contribution >= 0.6 is 0 Å². The minimum atomic E-state index is -3.82. The summed E-state index contributed by atoms with van der Waals surface area (Å²) in [6.07, 6.45) is -0.825. The zero-order valence-electron chi connectivity index (χ0n) is 14.9. The van der Waals surface area contributed by atoms with E-state index in [0.29, 0.717) is 17.6 Å². The van der Waals surface area contributed by atoms with E-state index in [0.717, 1.165) is 5.56 Å². The molecule has 1 N–H and O–H groups in total. The maximum Gasteiger partial charge on any atom is 0.187 e. The van der Waals surface area contributed by atoms with Crippen LogP contribution in [-0.4, -0.2) is 18.8 Å². The van der Waals surface area contributed by atoms with Crippen LogP contribution in [0.25, 0.3) is 0 Å². The quantitative estimate of drug-likeness (QED) is 0.622. The molecule has 0 aliphatic rings. The van der Waals surface area contributed by atoms with E-state index in [-0.39, 0.29) is 4.90 Å². The van der Waals surface area contributed by atoms with Gasteiger partial charge in [0.05, 0.1) is 11.0 Å². The van der Waals surface area contributed by atoms with Crippen LogP contribution in [0, 0.1) is 0 Å². The molecule has 138 valence electrons. The molecule has 0 heterocycles. The van der Waals surface area contributed by atoms with Crippen LogP contribution in [0.2, 0.25) is 0 Å². The molecule has 3 nitrogen and oxygen atoms in total. The number of aliphatic hydroxyl groups is 1. The maximum absolute atomic E-state index is 13.4. The average Bonchev–Trinajstić information content (AvgIpc) is 2.70. The molecule has 0 aliphatic heterocycles. The van der Waals surface area contributed by atoms with Gasteiger partial charge in [-0.1, -0.05) is 91.0 Å². The van der Waals surface area contributed by atoms with Crippen molar-refractivity contribution in [2.75, 3.05) is 0 Å². The molecule has 0 aliphatic carbocycles. The Labute approximate surface area is 160 Å². The lowest BCUT2D eigenvalue weighted by atomic mass is 9.97. The number of hydrogen-bond donors (Lipinski definition) is 1. The van der Waals surface area contributed by atoms with Crippen molar-refractivity contribution < 1.29 is 13.5 Å². The van der Waals surface area contributed by atoms with Crippen molar-refractivity contribution in [3.05, 3.63) is 114 Å². The summed E-state index contributed by atoms with van der Waals surface area (Å²) < 4.78 is 26.7. The third-order valence-corrected chi connectivity index (χ3v) is 6.70. The highest BCUT2D eigenvalue weighted by Crippen LogP contribution is 2.32. The highest BCUT2D eigenvalue weighted by Gasteiger charge is 2.36. The third kappa shape index (κ3) is 4.35. The highest BCUT2D eigenvalue weighted by atomic mass is 32.2. The molecule has 3 aromatic carbocycles. The standard InChI is InChI=1S/C23H22O3S/c1-18(17-19-11-5-2-6-12-19)23(22(24)20-13-7-3-8-14-20)27(25,26)21-15-9-4-10-16-21/h2-16,22-24H,1,17H2. The molecule has 3 rings (SSSR count). The molecule has 0 fully saturated rings. The Morgan fingerprint density at radius 2 is 1.30 bits per heavy atom. The van der Waals surface area contributed by atoms with Crippen molar-refractivity contribution >= 4 is 9.84 Å². The van der Waals surface area contributed by atoms with E-state index in [2.05, 4.69) is 6.58 Å². The Hall–Kier alpha value is -2.69. The van der Waals surface area contributed by atoms with Gasteiger partial charge in [-0.25, -0.2) is 8.42 Å². The van der Waals surface area contributed by atoms with Crippen molar-refractivity contribution in [2.24, 2.45) is 0 Å². The molecular weight excluding hydrogens is 356 g/mol. The summed E-state index contributed by atoms with van der Waals surface area (Å²) in [7, 11) is -3.82. The first-order valence-corrected chi connectivity index (χ1v) is 10.3. The Kier molecular flexibility index (Phi) is 5.89. The van der Waals surface area contributed by atoms with Gasteiger partial charge in [0, 0.05) is 0 Å². The molecule has 0 saturated carbocycles. The lowest BCUT2D eigenvalue weighted by Gasteiger charge is -2.26. The van der Waals surface area contributed by atoms with Crippen LogP contribution in [0.3, 0.4) is 0 Å². The summed E-state index contributed by atoms with van der Waals surface area (Å²) >= 11 is 0. The van der Waals surface area contributed by atoms with E-state index in [1.807, 2.05) is 36.4 Å². The van der Waals surface area contributed by atoms with Gasteiger partial charge in [-0.3, -0.25) is 0 Å². The summed E-state index contributed by atoms with van der Waals surface area (Å²) in [6, 6.07) is 26.6. The summed E-state index contributed by atoms with van der Waals surface area (Å²) in [5.41, 5.74) is 1.97. The van der Waals surface area contributed by atoms with Gasteiger partial charge in [0.2, 0.25) is 0 Å². The topological polar surface area (TPSA) is 54.4 Å². The van der Waals surface area contributed by atoms with Gasteiger partial charge < -0.3 is 5.11 Å². The first kappa shape index (κ1) is 19.1. The largest absolute Gasteiger partial charge is 0.387 e. The molecule has 3 aromatic rings. The van der Waals surface area contributed by atoms with Crippen molar-refractivity contribution in [2.45, 2.75) is 22.7 Å². The lowest BCUT2D eigenvalue weighted by molar-refractivity contribution is 0.180. The zero-order valence-corrected chi connectivity index (χ0v) is 15.7. The monoisotopic (exact) mass is 378 g/mol. The normalized spacial score (nSPS) is 13.7. The van der Waals surface area contributed by atoms with Gasteiger partial charge >= 0.3 is 0 Å². The second-order valence-corrected chi connectivity index (χ2v) is 8.52. The van der Waals surface area contributed by atoms with E-state index in [1.165, 1.54) is 0 Å². The number of hydrogen-bond acceptors (Lipinski definition) is 3. The fraction of sp³-hybridized carbons (Fsp3) is 0.130. The zero-order chi connectivity index (χ0) is 19.3. The third-order valence-electron chi connectivity index (χ3n) is 4.51. The number of aliphatic hydroxyl groups excluding tert-OH is 1. The van der Waals surface area contributed by atoms with Crippen LogP contribution in [0.5, 0.6) is 0 Å². The minimum absolute atomic E-state index is 0.180. The summed E-state index contributed by atoms with van der Waals surface area (Å²) in [5.74, 6) is 0. The average molecular weight is 378 g/mol. The van der Waals surface area contributed by atoms with Crippen molar-refractivity contribution in [1.29, 1.82) is 0 Å². The predicted molar refractivity (Wildman–Crippen MR) is 108 cm³/mol. The van der Waals surface area contributed by atoms with Crippen molar-refractivity contribution in [1.82, 2.24) is 0 Å². The van der Waals surface area contributed by atoms with E-state index in [1.54, 1.807) is 54.6 Å². The first-order chi connectivity index (χ1) is 13.0. The van der Waals surface area contributed by atoms with E-state index >= 15 is 0 Å².